The minimum absolute atomic E-state index is 0.0898. The highest BCUT2D eigenvalue weighted by Crippen LogP contribution is 2.45. The molecule has 0 bridgehead atoms. The van der Waals surface area contributed by atoms with E-state index in [0.29, 0.717) is 29.5 Å². The van der Waals surface area contributed by atoms with Gasteiger partial charge >= 0.3 is 5.97 Å². The first-order valence-corrected chi connectivity index (χ1v) is 9.43. The van der Waals surface area contributed by atoms with Gasteiger partial charge in [0.2, 0.25) is 0 Å². The second-order valence-corrected chi connectivity index (χ2v) is 7.27. The summed E-state index contributed by atoms with van der Waals surface area (Å²) < 4.78 is 4.66. The van der Waals surface area contributed by atoms with Crippen LogP contribution < -0.4 is 0 Å². The van der Waals surface area contributed by atoms with Crippen LogP contribution in [-0.4, -0.2) is 24.6 Å². The van der Waals surface area contributed by atoms with Crippen molar-refractivity contribution in [3.8, 4) is 6.07 Å². The van der Waals surface area contributed by atoms with Gasteiger partial charge in [0.15, 0.2) is 11.6 Å². The zero-order chi connectivity index (χ0) is 19.4. The average molecular weight is 365 g/mol. The van der Waals surface area contributed by atoms with Gasteiger partial charge in [-0.3, -0.25) is 9.59 Å². The molecule has 0 radical (unpaired) electrons. The molecule has 5 heteroatoms. The molecule has 0 amide bonds. The zero-order valence-electron chi connectivity index (χ0n) is 15.5. The first-order chi connectivity index (χ1) is 13.0. The first-order valence-electron chi connectivity index (χ1n) is 9.43. The highest BCUT2D eigenvalue weighted by atomic mass is 16.5. The van der Waals surface area contributed by atoms with Gasteiger partial charge in [0.1, 0.15) is 5.41 Å². The van der Waals surface area contributed by atoms with Gasteiger partial charge in [-0.2, -0.15) is 5.26 Å². The first kappa shape index (κ1) is 19.0. The highest BCUT2D eigenvalue weighted by molar-refractivity contribution is 6.15. The van der Waals surface area contributed by atoms with Crippen molar-refractivity contribution in [2.24, 2.45) is 11.3 Å². The predicted octanol–water partition coefficient (Wildman–Crippen LogP) is 4.04. The third-order valence-electron chi connectivity index (χ3n) is 5.73. The Morgan fingerprint density at radius 3 is 2.30 bits per heavy atom. The minimum atomic E-state index is -1.33. The standard InChI is InChI=1S/C22H23NO4/c1-27-21(26)17-11-9-15(10-12-17)19(24)18-8-5-13-22(18,14-23)20(25)16-6-3-2-4-7-16/h8-12,16H,2-7,13H2,1H3/t22-/m0/s1. The van der Waals surface area contributed by atoms with Gasteiger partial charge in [-0.15, -0.1) is 0 Å². The molecule has 1 saturated carbocycles. The minimum Gasteiger partial charge on any atom is -0.465 e. The molecular weight excluding hydrogens is 342 g/mol. The molecule has 1 fully saturated rings. The fourth-order valence-electron chi connectivity index (χ4n) is 4.20. The van der Waals surface area contributed by atoms with Gasteiger partial charge in [-0.1, -0.05) is 37.5 Å². The quantitative estimate of drug-likeness (QED) is 0.581. The molecule has 0 N–H and O–H groups in total. The molecular formula is C22H23NO4. The van der Waals surface area contributed by atoms with Crippen molar-refractivity contribution >= 4 is 17.5 Å². The number of carbonyl (C=O) groups is 3. The van der Waals surface area contributed by atoms with Crippen LogP contribution in [0.25, 0.3) is 0 Å². The van der Waals surface area contributed by atoms with Gasteiger partial charge in [0.05, 0.1) is 18.7 Å². The number of Topliss-reactive ketones (excluding diaryl/α,β-unsaturated/α-hetero) is 2. The largest absolute Gasteiger partial charge is 0.465 e. The smallest absolute Gasteiger partial charge is 0.337 e. The van der Waals surface area contributed by atoms with Crippen LogP contribution in [0.2, 0.25) is 0 Å². The lowest BCUT2D eigenvalue weighted by atomic mass is 9.69. The number of hydrogen-bond acceptors (Lipinski definition) is 5. The van der Waals surface area contributed by atoms with E-state index in [9.17, 15) is 19.6 Å². The number of rotatable bonds is 5. The predicted molar refractivity (Wildman–Crippen MR) is 99.1 cm³/mol. The monoisotopic (exact) mass is 365 g/mol. The molecule has 2 aliphatic carbocycles. The van der Waals surface area contributed by atoms with Crippen molar-refractivity contribution < 1.29 is 19.1 Å². The summed E-state index contributed by atoms with van der Waals surface area (Å²) in [6, 6.07) is 8.33. The summed E-state index contributed by atoms with van der Waals surface area (Å²) in [7, 11) is 1.29. The maximum atomic E-state index is 13.2. The average Bonchev–Trinajstić information content (AvgIpc) is 3.18. The van der Waals surface area contributed by atoms with E-state index in [1.165, 1.54) is 19.2 Å². The molecule has 0 aliphatic heterocycles. The Morgan fingerprint density at radius 2 is 1.70 bits per heavy atom. The Bertz CT molecular complexity index is 825. The van der Waals surface area contributed by atoms with E-state index in [1.54, 1.807) is 18.2 Å². The van der Waals surface area contributed by atoms with E-state index in [-0.39, 0.29) is 17.5 Å². The van der Waals surface area contributed by atoms with Crippen molar-refractivity contribution in [1.29, 1.82) is 5.26 Å². The Kier molecular flexibility index (Phi) is 5.55. The molecule has 0 unspecified atom stereocenters. The van der Waals surface area contributed by atoms with Gasteiger partial charge in [0, 0.05) is 17.1 Å². The lowest BCUT2D eigenvalue weighted by Crippen LogP contribution is -2.38. The third kappa shape index (κ3) is 3.44. The van der Waals surface area contributed by atoms with Crippen LogP contribution in [0.15, 0.2) is 35.9 Å². The summed E-state index contributed by atoms with van der Waals surface area (Å²) in [6.07, 6.45) is 7.39. The van der Waals surface area contributed by atoms with Crippen LogP contribution in [0.3, 0.4) is 0 Å². The molecule has 0 saturated heterocycles. The number of nitriles is 1. The van der Waals surface area contributed by atoms with Gasteiger partial charge < -0.3 is 4.74 Å². The van der Waals surface area contributed by atoms with E-state index in [1.807, 2.05) is 0 Å². The van der Waals surface area contributed by atoms with Crippen LogP contribution in [0.5, 0.6) is 0 Å². The molecule has 1 atom stereocenters. The summed E-state index contributed by atoms with van der Waals surface area (Å²) >= 11 is 0. The van der Waals surface area contributed by atoms with E-state index in [0.717, 1.165) is 32.1 Å². The second kappa shape index (κ2) is 7.87. The van der Waals surface area contributed by atoms with E-state index < -0.39 is 11.4 Å². The fourth-order valence-corrected chi connectivity index (χ4v) is 4.20. The van der Waals surface area contributed by atoms with Crippen LogP contribution in [-0.2, 0) is 9.53 Å². The molecule has 1 aromatic rings. The van der Waals surface area contributed by atoms with Crippen LogP contribution in [0, 0.1) is 22.7 Å². The topological polar surface area (TPSA) is 84.2 Å². The van der Waals surface area contributed by atoms with Crippen molar-refractivity contribution in [3.05, 3.63) is 47.0 Å². The van der Waals surface area contributed by atoms with Gasteiger partial charge in [-0.05, 0) is 37.8 Å². The number of methoxy groups -OCH3 is 1. The van der Waals surface area contributed by atoms with E-state index in [4.69, 9.17) is 0 Å². The third-order valence-corrected chi connectivity index (χ3v) is 5.73. The Morgan fingerprint density at radius 1 is 1.07 bits per heavy atom. The Labute approximate surface area is 159 Å². The van der Waals surface area contributed by atoms with Crippen LogP contribution in [0.4, 0.5) is 0 Å². The van der Waals surface area contributed by atoms with Crippen molar-refractivity contribution in [1.82, 2.24) is 0 Å². The SMILES string of the molecule is COC(=O)c1ccc(C(=O)C2=CCC[C@@]2(C#N)C(=O)C2CCCCC2)cc1. The van der Waals surface area contributed by atoms with Gasteiger partial charge in [-0.25, -0.2) is 4.79 Å². The molecule has 5 nitrogen and oxygen atoms in total. The number of ketones is 2. The maximum absolute atomic E-state index is 13.2. The summed E-state index contributed by atoms with van der Waals surface area (Å²) in [5.41, 5.74) is -0.322. The van der Waals surface area contributed by atoms with Crippen LogP contribution >= 0.6 is 0 Å². The number of nitrogens with zero attached hydrogens (tertiary/aromatic N) is 1. The molecule has 1 aromatic carbocycles. The molecule has 27 heavy (non-hydrogen) atoms. The summed E-state index contributed by atoms with van der Waals surface area (Å²) in [5, 5.41) is 9.91. The molecule has 140 valence electrons. The van der Waals surface area contributed by atoms with Crippen molar-refractivity contribution in [2.45, 2.75) is 44.9 Å². The van der Waals surface area contributed by atoms with Crippen LogP contribution in [0.1, 0.15) is 65.7 Å². The Hall–Kier alpha value is -2.74. The fraction of sp³-hybridized carbons (Fsp3) is 0.455. The number of allylic oxidation sites excluding steroid dienone is 2. The Balaban J connectivity index is 1.87. The lowest BCUT2D eigenvalue weighted by Gasteiger charge is -2.29. The number of benzene rings is 1. The lowest BCUT2D eigenvalue weighted by molar-refractivity contribution is -0.129. The van der Waals surface area contributed by atoms with E-state index >= 15 is 0 Å². The van der Waals surface area contributed by atoms with Gasteiger partial charge in [0.25, 0.3) is 0 Å². The number of carbonyl (C=O) groups excluding carboxylic acids is 3. The summed E-state index contributed by atoms with van der Waals surface area (Å²) in [6.45, 7) is 0. The summed E-state index contributed by atoms with van der Waals surface area (Å²) in [5.74, 6) is -1.01. The molecule has 3 rings (SSSR count). The molecule has 0 spiro atoms. The summed E-state index contributed by atoms with van der Waals surface area (Å²) in [4.78, 5) is 37.8. The van der Waals surface area contributed by atoms with E-state index in [2.05, 4.69) is 10.8 Å². The number of esters is 1. The number of hydrogen-bond donors (Lipinski definition) is 0. The molecule has 0 aromatic heterocycles. The normalized spacial score (nSPS) is 22.6. The second-order valence-electron chi connectivity index (χ2n) is 7.27. The van der Waals surface area contributed by atoms with Crippen molar-refractivity contribution in [2.75, 3.05) is 7.11 Å². The zero-order valence-corrected chi connectivity index (χ0v) is 15.5. The number of ether oxygens (including phenoxy) is 1. The van der Waals surface area contributed by atoms with Crippen molar-refractivity contribution in [3.63, 3.8) is 0 Å². The molecule has 2 aliphatic rings. The molecule has 0 heterocycles. The maximum Gasteiger partial charge on any atom is 0.337 e. The highest BCUT2D eigenvalue weighted by Gasteiger charge is 2.49.